The Kier molecular flexibility index (Phi) is 6.29. The summed E-state index contributed by atoms with van der Waals surface area (Å²) < 4.78 is 11.6. The van der Waals surface area contributed by atoms with E-state index >= 15 is 0 Å². The fraction of sp³-hybridized carbons (Fsp3) is 0.600. The van der Waals surface area contributed by atoms with Crippen LogP contribution in [0.4, 0.5) is 0 Å². The van der Waals surface area contributed by atoms with E-state index in [1.807, 2.05) is 12.1 Å². The Morgan fingerprint density at radius 1 is 1.24 bits per heavy atom. The summed E-state index contributed by atoms with van der Waals surface area (Å²) in [5.41, 5.74) is 1.03. The summed E-state index contributed by atoms with van der Waals surface area (Å²) in [5.74, 6) is 1.37. The number of methoxy groups -OCH3 is 2. The van der Waals surface area contributed by atoms with E-state index in [1.54, 1.807) is 14.2 Å². The topological polar surface area (TPSA) is 54.0 Å². The van der Waals surface area contributed by atoms with Crippen LogP contribution < -0.4 is 14.8 Å². The van der Waals surface area contributed by atoms with Crippen LogP contribution in [0.5, 0.6) is 11.5 Å². The minimum absolute atomic E-state index is 0.0425. The molecule has 1 heterocycles. The lowest BCUT2D eigenvalue weighted by Gasteiger charge is -2.30. The summed E-state index contributed by atoms with van der Waals surface area (Å²) in [5, 5.41) is 13.3. The first-order chi connectivity index (χ1) is 10.2. The Labute approximate surface area is 134 Å². The molecule has 2 N–H and O–H groups in total. The monoisotopic (exact) mass is 358 g/mol. The average Bonchev–Trinajstić information content (AvgIpc) is 2.78. The number of ether oxygens (including phenoxy) is 2. The lowest BCUT2D eigenvalue weighted by Crippen LogP contribution is -2.34. The fourth-order valence-corrected chi connectivity index (χ4v) is 3.30. The third-order valence-corrected chi connectivity index (χ3v) is 4.54. The molecule has 1 saturated heterocycles. The minimum Gasteiger partial charge on any atom is -0.493 e. The molecule has 1 aromatic rings. The molecule has 2 rings (SSSR count). The van der Waals surface area contributed by atoms with Crippen molar-refractivity contribution in [1.82, 2.24) is 10.2 Å². The summed E-state index contributed by atoms with van der Waals surface area (Å²) in [7, 11) is 3.24. The maximum absolute atomic E-state index is 9.88. The normalized spacial score (nSPS) is 18.1. The second-order valence-electron chi connectivity index (χ2n) is 5.07. The van der Waals surface area contributed by atoms with E-state index in [4.69, 9.17) is 9.47 Å². The molecule has 0 aromatic heterocycles. The van der Waals surface area contributed by atoms with Gasteiger partial charge in [-0.1, -0.05) is 15.9 Å². The quantitative estimate of drug-likeness (QED) is 0.840. The first-order valence-electron chi connectivity index (χ1n) is 7.18. The van der Waals surface area contributed by atoms with Crippen molar-refractivity contribution in [1.29, 1.82) is 0 Å². The Balaban J connectivity index is 2.32. The summed E-state index contributed by atoms with van der Waals surface area (Å²) in [6.45, 7) is 3.95. The molecule has 6 heteroatoms. The molecule has 0 saturated carbocycles. The van der Waals surface area contributed by atoms with Gasteiger partial charge in [0.25, 0.3) is 0 Å². The van der Waals surface area contributed by atoms with Crippen molar-refractivity contribution in [2.75, 3.05) is 47.0 Å². The van der Waals surface area contributed by atoms with Gasteiger partial charge in [-0.3, -0.25) is 4.90 Å². The van der Waals surface area contributed by atoms with Crippen molar-refractivity contribution in [3.05, 3.63) is 22.2 Å². The molecule has 0 spiro atoms. The van der Waals surface area contributed by atoms with Gasteiger partial charge in [-0.25, -0.2) is 0 Å². The predicted octanol–water partition coefficient (Wildman–Crippen LogP) is 1.79. The second-order valence-corrected chi connectivity index (χ2v) is 5.92. The highest BCUT2D eigenvalue weighted by Gasteiger charge is 2.24. The third kappa shape index (κ3) is 3.88. The predicted molar refractivity (Wildman–Crippen MR) is 86.1 cm³/mol. The number of hydrogen-bond donors (Lipinski definition) is 2. The zero-order chi connectivity index (χ0) is 15.2. The largest absolute Gasteiger partial charge is 0.493 e. The maximum Gasteiger partial charge on any atom is 0.161 e. The van der Waals surface area contributed by atoms with Gasteiger partial charge < -0.3 is 19.9 Å². The van der Waals surface area contributed by atoms with Crippen molar-refractivity contribution >= 4 is 15.9 Å². The molecule has 118 valence electrons. The van der Waals surface area contributed by atoms with Crippen LogP contribution in [0.1, 0.15) is 18.0 Å². The van der Waals surface area contributed by atoms with Gasteiger partial charge in [0.05, 0.1) is 26.9 Å². The third-order valence-electron chi connectivity index (χ3n) is 3.85. The molecule has 0 radical (unpaired) electrons. The van der Waals surface area contributed by atoms with Gasteiger partial charge in [-0.15, -0.1) is 0 Å². The molecule has 1 aliphatic rings. The van der Waals surface area contributed by atoms with Crippen molar-refractivity contribution in [2.24, 2.45) is 0 Å². The number of nitrogens with one attached hydrogen (secondary N) is 1. The second kappa shape index (κ2) is 7.98. The lowest BCUT2D eigenvalue weighted by atomic mass is 10.0. The standard InChI is InChI=1S/C15H23BrN2O3/c1-20-14-8-11(12(16)9-15(14)21-2)13(10-19)18-6-3-4-17-5-7-18/h8-9,13,17,19H,3-7,10H2,1-2H3. The molecule has 1 aromatic carbocycles. The van der Waals surface area contributed by atoms with E-state index in [-0.39, 0.29) is 12.6 Å². The van der Waals surface area contributed by atoms with E-state index < -0.39 is 0 Å². The first kappa shape index (κ1) is 16.5. The van der Waals surface area contributed by atoms with Gasteiger partial charge in [0.2, 0.25) is 0 Å². The van der Waals surface area contributed by atoms with Gasteiger partial charge >= 0.3 is 0 Å². The number of aliphatic hydroxyl groups excluding tert-OH is 1. The van der Waals surface area contributed by atoms with Gasteiger partial charge in [0.1, 0.15) is 0 Å². The van der Waals surface area contributed by atoms with Crippen LogP contribution in [-0.4, -0.2) is 57.0 Å². The van der Waals surface area contributed by atoms with Crippen molar-refractivity contribution in [3.63, 3.8) is 0 Å². The fourth-order valence-electron chi connectivity index (χ4n) is 2.71. The van der Waals surface area contributed by atoms with Crippen LogP contribution in [0.3, 0.4) is 0 Å². The molecule has 21 heavy (non-hydrogen) atoms. The van der Waals surface area contributed by atoms with Crippen LogP contribution in [-0.2, 0) is 0 Å². The molecule has 5 nitrogen and oxygen atoms in total. The van der Waals surface area contributed by atoms with E-state index in [1.165, 1.54) is 0 Å². The molecule has 1 unspecified atom stereocenters. The molecule has 0 aliphatic carbocycles. The van der Waals surface area contributed by atoms with Crippen molar-refractivity contribution in [2.45, 2.75) is 12.5 Å². The molecular formula is C15H23BrN2O3. The summed E-state index contributed by atoms with van der Waals surface area (Å²) in [6.07, 6.45) is 1.08. The van der Waals surface area contributed by atoms with Gasteiger partial charge in [-0.2, -0.15) is 0 Å². The van der Waals surface area contributed by atoms with E-state index in [2.05, 4.69) is 26.1 Å². The first-order valence-corrected chi connectivity index (χ1v) is 7.97. The summed E-state index contributed by atoms with van der Waals surface area (Å²) in [4.78, 5) is 2.31. The highest BCUT2D eigenvalue weighted by atomic mass is 79.9. The molecule has 1 fully saturated rings. The highest BCUT2D eigenvalue weighted by molar-refractivity contribution is 9.10. The molecule has 1 aliphatic heterocycles. The Morgan fingerprint density at radius 3 is 2.62 bits per heavy atom. The number of aliphatic hydroxyl groups is 1. The molecule has 0 amide bonds. The minimum atomic E-state index is -0.0425. The SMILES string of the molecule is COc1cc(Br)c(C(CO)N2CCCNCC2)cc1OC. The molecule has 1 atom stereocenters. The van der Waals surface area contributed by atoms with E-state index in [9.17, 15) is 5.11 Å². The Bertz CT molecular complexity index is 462. The van der Waals surface area contributed by atoms with Crippen LogP contribution in [0, 0.1) is 0 Å². The maximum atomic E-state index is 9.88. The Morgan fingerprint density at radius 2 is 1.95 bits per heavy atom. The van der Waals surface area contributed by atoms with Crippen molar-refractivity contribution in [3.8, 4) is 11.5 Å². The van der Waals surface area contributed by atoms with Gasteiger partial charge in [-0.05, 0) is 30.7 Å². The van der Waals surface area contributed by atoms with E-state index in [0.29, 0.717) is 11.5 Å². The van der Waals surface area contributed by atoms with Crippen LogP contribution >= 0.6 is 15.9 Å². The molecule has 0 bridgehead atoms. The zero-order valence-corrected chi connectivity index (χ0v) is 14.1. The summed E-state index contributed by atoms with van der Waals surface area (Å²) in [6, 6.07) is 3.80. The zero-order valence-electron chi connectivity index (χ0n) is 12.6. The number of halogens is 1. The van der Waals surface area contributed by atoms with Crippen LogP contribution in [0.25, 0.3) is 0 Å². The smallest absolute Gasteiger partial charge is 0.161 e. The van der Waals surface area contributed by atoms with Crippen molar-refractivity contribution < 1.29 is 14.6 Å². The van der Waals surface area contributed by atoms with Crippen LogP contribution in [0.15, 0.2) is 16.6 Å². The van der Waals surface area contributed by atoms with E-state index in [0.717, 1.165) is 42.6 Å². The Hall–Kier alpha value is -0.820. The number of nitrogens with zero attached hydrogens (tertiary/aromatic N) is 1. The lowest BCUT2D eigenvalue weighted by molar-refractivity contribution is 0.129. The number of benzene rings is 1. The van der Waals surface area contributed by atoms with Gasteiger partial charge in [0.15, 0.2) is 11.5 Å². The highest BCUT2D eigenvalue weighted by Crippen LogP contribution is 2.37. The number of rotatable bonds is 5. The average molecular weight is 359 g/mol. The van der Waals surface area contributed by atoms with Gasteiger partial charge in [0, 0.05) is 24.1 Å². The number of hydrogen-bond acceptors (Lipinski definition) is 5. The summed E-state index contributed by atoms with van der Waals surface area (Å²) >= 11 is 3.59. The molecular weight excluding hydrogens is 336 g/mol. The van der Waals surface area contributed by atoms with Crippen LogP contribution in [0.2, 0.25) is 0 Å².